The van der Waals surface area contributed by atoms with Crippen LogP contribution in [0.5, 0.6) is 0 Å². The summed E-state index contributed by atoms with van der Waals surface area (Å²) in [5, 5.41) is 3.39. The van der Waals surface area contributed by atoms with Crippen molar-refractivity contribution in [2.45, 2.75) is 45.2 Å². The second kappa shape index (κ2) is 7.31. The van der Waals surface area contributed by atoms with E-state index in [1.54, 1.807) is 11.3 Å². The quantitative estimate of drug-likeness (QED) is 0.918. The van der Waals surface area contributed by atoms with Crippen LogP contribution in [0.25, 0.3) is 0 Å². The lowest BCUT2D eigenvalue weighted by Crippen LogP contribution is -2.40. The van der Waals surface area contributed by atoms with Crippen molar-refractivity contribution >= 4 is 23.7 Å². The molecular formula is C12H22ClN3S. The number of hydrogen-bond donors (Lipinski definition) is 1. The maximum atomic E-state index is 5.68. The Morgan fingerprint density at radius 2 is 2.35 bits per heavy atom. The van der Waals surface area contributed by atoms with E-state index in [-0.39, 0.29) is 12.4 Å². The van der Waals surface area contributed by atoms with Crippen LogP contribution in [0.3, 0.4) is 0 Å². The Bertz CT molecular complexity index is 327. The highest BCUT2D eigenvalue weighted by Gasteiger charge is 2.22. The third-order valence-electron chi connectivity index (χ3n) is 3.25. The normalized spacial score (nSPS) is 21.2. The van der Waals surface area contributed by atoms with Gasteiger partial charge in [-0.3, -0.25) is 4.90 Å². The Labute approximate surface area is 114 Å². The van der Waals surface area contributed by atoms with E-state index in [0.29, 0.717) is 6.04 Å². The number of aromatic nitrogens is 1. The van der Waals surface area contributed by atoms with Crippen LogP contribution >= 0.6 is 23.7 Å². The summed E-state index contributed by atoms with van der Waals surface area (Å²) in [6.45, 7) is 5.10. The van der Waals surface area contributed by atoms with Crippen molar-refractivity contribution in [3.05, 3.63) is 16.1 Å². The van der Waals surface area contributed by atoms with E-state index in [0.717, 1.165) is 25.2 Å². The molecule has 0 aliphatic carbocycles. The molecular weight excluding hydrogens is 254 g/mol. The molecule has 1 aromatic heterocycles. The molecule has 0 bridgehead atoms. The molecule has 0 amide bonds. The van der Waals surface area contributed by atoms with Crippen LogP contribution in [0.4, 0.5) is 0 Å². The monoisotopic (exact) mass is 275 g/mol. The molecule has 1 aliphatic heterocycles. The van der Waals surface area contributed by atoms with Gasteiger partial charge in [0.2, 0.25) is 0 Å². The number of hydrogen-bond acceptors (Lipinski definition) is 4. The number of aryl methyl sites for hydroxylation is 1. The van der Waals surface area contributed by atoms with E-state index >= 15 is 0 Å². The van der Waals surface area contributed by atoms with Gasteiger partial charge in [0.1, 0.15) is 5.01 Å². The largest absolute Gasteiger partial charge is 0.330 e. The smallest absolute Gasteiger partial charge is 0.107 e. The number of piperidine rings is 1. The Balaban J connectivity index is 0.00000144. The molecule has 0 radical (unpaired) electrons. The van der Waals surface area contributed by atoms with Gasteiger partial charge in [-0.15, -0.1) is 23.7 Å². The van der Waals surface area contributed by atoms with Crippen LogP contribution in [0, 0.1) is 6.92 Å². The predicted octanol–water partition coefficient (Wildman–Crippen LogP) is 2.58. The van der Waals surface area contributed by atoms with Gasteiger partial charge >= 0.3 is 0 Å². The van der Waals surface area contributed by atoms with Crippen LogP contribution in [-0.4, -0.2) is 29.0 Å². The molecule has 0 spiro atoms. The lowest BCUT2D eigenvalue weighted by atomic mass is 9.99. The van der Waals surface area contributed by atoms with E-state index in [9.17, 15) is 0 Å². The van der Waals surface area contributed by atoms with Crippen molar-refractivity contribution in [3.8, 4) is 0 Å². The van der Waals surface area contributed by atoms with Crippen molar-refractivity contribution in [1.82, 2.24) is 9.88 Å². The summed E-state index contributed by atoms with van der Waals surface area (Å²) in [5.74, 6) is 0. The topological polar surface area (TPSA) is 42.1 Å². The molecule has 1 fully saturated rings. The second-order valence-electron chi connectivity index (χ2n) is 4.58. The van der Waals surface area contributed by atoms with Gasteiger partial charge in [-0.05, 0) is 39.3 Å². The highest BCUT2D eigenvalue weighted by atomic mass is 35.5. The van der Waals surface area contributed by atoms with E-state index in [1.165, 1.54) is 30.8 Å². The summed E-state index contributed by atoms with van der Waals surface area (Å²) in [6, 6.07) is 0.683. The van der Waals surface area contributed by atoms with Crippen molar-refractivity contribution in [1.29, 1.82) is 0 Å². The standard InChI is InChI=1S/C12H21N3S.ClH/c1-10-9-16-12(14-10)8-15-7-3-2-4-11(15)5-6-13;/h9,11H,2-8,13H2,1H3;1H. The maximum absolute atomic E-state index is 5.68. The summed E-state index contributed by atoms with van der Waals surface area (Å²) in [4.78, 5) is 7.11. The fourth-order valence-electron chi connectivity index (χ4n) is 2.44. The number of nitrogens with two attached hydrogens (primary N) is 1. The van der Waals surface area contributed by atoms with E-state index < -0.39 is 0 Å². The molecule has 0 saturated carbocycles. The maximum Gasteiger partial charge on any atom is 0.107 e. The van der Waals surface area contributed by atoms with E-state index in [2.05, 4.69) is 22.2 Å². The summed E-state index contributed by atoms with van der Waals surface area (Å²) >= 11 is 1.78. The molecule has 5 heteroatoms. The van der Waals surface area contributed by atoms with Gasteiger partial charge in [-0.25, -0.2) is 4.98 Å². The first-order valence-electron chi connectivity index (χ1n) is 6.14. The SMILES string of the molecule is Cc1csc(CN2CCCCC2CCN)n1.Cl. The number of likely N-dealkylation sites (tertiary alicyclic amines) is 1. The lowest BCUT2D eigenvalue weighted by molar-refractivity contribution is 0.134. The second-order valence-corrected chi connectivity index (χ2v) is 5.52. The number of thiazole rings is 1. The molecule has 1 aromatic rings. The number of nitrogens with zero attached hydrogens (tertiary/aromatic N) is 2. The zero-order chi connectivity index (χ0) is 11.4. The van der Waals surface area contributed by atoms with Gasteiger partial charge in [0.15, 0.2) is 0 Å². The molecule has 1 atom stereocenters. The molecule has 17 heavy (non-hydrogen) atoms. The highest BCUT2D eigenvalue weighted by Crippen LogP contribution is 2.22. The minimum Gasteiger partial charge on any atom is -0.330 e. The molecule has 3 nitrogen and oxygen atoms in total. The molecule has 0 aromatic carbocycles. The molecule has 2 N–H and O–H groups in total. The minimum absolute atomic E-state index is 0. The van der Waals surface area contributed by atoms with Crippen LogP contribution in [-0.2, 0) is 6.54 Å². The molecule has 98 valence electrons. The molecule has 2 heterocycles. The molecule has 1 saturated heterocycles. The lowest BCUT2D eigenvalue weighted by Gasteiger charge is -2.35. The molecule has 2 rings (SSSR count). The van der Waals surface area contributed by atoms with Crippen LogP contribution < -0.4 is 5.73 Å². The zero-order valence-corrected chi connectivity index (χ0v) is 12.0. The predicted molar refractivity (Wildman–Crippen MR) is 75.8 cm³/mol. The minimum atomic E-state index is 0. The first-order chi connectivity index (χ1) is 7.79. The fraction of sp³-hybridized carbons (Fsp3) is 0.750. The van der Waals surface area contributed by atoms with Gasteiger partial charge in [-0.2, -0.15) is 0 Å². The first kappa shape index (κ1) is 14.9. The molecule has 1 unspecified atom stereocenters. The number of rotatable bonds is 4. The Morgan fingerprint density at radius 3 is 3.00 bits per heavy atom. The van der Waals surface area contributed by atoms with Crippen molar-refractivity contribution in [2.24, 2.45) is 5.73 Å². The van der Waals surface area contributed by atoms with Gasteiger partial charge in [0, 0.05) is 17.1 Å². The van der Waals surface area contributed by atoms with Gasteiger partial charge in [0.25, 0.3) is 0 Å². The summed E-state index contributed by atoms with van der Waals surface area (Å²) in [7, 11) is 0. The van der Waals surface area contributed by atoms with Crippen molar-refractivity contribution < 1.29 is 0 Å². The average Bonchev–Trinajstić information content (AvgIpc) is 2.67. The third kappa shape index (κ3) is 4.21. The van der Waals surface area contributed by atoms with Gasteiger partial charge < -0.3 is 5.73 Å². The summed E-state index contributed by atoms with van der Waals surface area (Å²) in [6.07, 6.45) is 5.12. The average molecular weight is 276 g/mol. The Morgan fingerprint density at radius 1 is 1.53 bits per heavy atom. The van der Waals surface area contributed by atoms with Gasteiger partial charge in [0.05, 0.1) is 6.54 Å². The van der Waals surface area contributed by atoms with Crippen LogP contribution in [0.1, 0.15) is 36.4 Å². The fourth-order valence-corrected chi connectivity index (χ4v) is 3.23. The zero-order valence-electron chi connectivity index (χ0n) is 10.4. The molecule has 1 aliphatic rings. The van der Waals surface area contributed by atoms with Crippen LogP contribution in [0.15, 0.2) is 5.38 Å². The van der Waals surface area contributed by atoms with Crippen molar-refractivity contribution in [3.63, 3.8) is 0 Å². The highest BCUT2D eigenvalue weighted by molar-refractivity contribution is 7.09. The summed E-state index contributed by atoms with van der Waals surface area (Å²) < 4.78 is 0. The first-order valence-corrected chi connectivity index (χ1v) is 7.02. The van der Waals surface area contributed by atoms with Crippen molar-refractivity contribution in [2.75, 3.05) is 13.1 Å². The Kier molecular flexibility index (Phi) is 6.41. The van der Waals surface area contributed by atoms with E-state index in [4.69, 9.17) is 5.73 Å². The number of halogens is 1. The van der Waals surface area contributed by atoms with Crippen LogP contribution in [0.2, 0.25) is 0 Å². The Hall–Kier alpha value is -0.160. The summed E-state index contributed by atoms with van der Waals surface area (Å²) in [5.41, 5.74) is 6.83. The third-order valence-corrected chi connectivity index (χ3v) is 4.21. The van der Waals surface area contributed by atoms with Gasteiger partial charge in [-0.1, -0.05) is 6.42 Å². The van der Waals surface area contributed by atoms with E-state index in [1.807, 2.05) is 0 Å².